The topological polar surface area (TPSA) is 58.4 Å². The summed E-state index contributed by atoms with van der Waals surface area (Å²) in [6, 6.07) is 4.09. The van der Waals surface area contributed by atoms with Gasteiger partial charge in [-0.2, -0.15) is 11.8 Å². The third kappa shape index (κ3) is 2.59. The van der Waals surface area contributed by atoms with E-state index in [9.17, 15) is 4.79 Å². The molecule has 20 heavy (non-hydrogen) atoms. The van der Waals surface area contributed by atoms with Crippen LogP contribution in [0.3, 0.4) is 0 Å². The van der Waals surface area contributed by atoms with E-state index < -0.39 is 0 Å². The second-order valence-corrected chi connectivity index (χ2v) is 6.87. The van der Waals surface area contributed by atoms with E-state index in [-0.39, 0.29) is 5.91 Å². The van der Waals surface area contributed by atoms with Gasteiger partial charge in [-0.25, -0.2) is 0 Å². The maximum atomic E-state index is 11.4. The number of hydrogen-bond acceptors (Lipinski definition) is 4. The number of anilines is 3. The van der Waals surface area contributed by atoms with Crippen molar-refractivity contribution in [1.82, 2.24) is 0 Å². The highest BCUT2D eigenvalue weighted by Gasteiger charge is 2.23. The molecule has 0 aliphatic carbocycles. The van der Waals surface area contributed by atoms with Crippen LogP contribution in [-0.2, 0) is 11.2 Å². The van der Waals surface area contributed by atoms with Crippen molar-refractivity contribution < 1.29 is 4.79 Å². The minimum absolute atomic E-state index is 0.0880. The van der Waals surface area contributed by atoms with Crippen molar-refractivity contribution in [1.29, 1.82) is 0 Å². The van der Waals surface area contributed by atoms with Gasteiger partial charge in [0.25, 0.3) is 0 Å². The maximum Gasteiger partial charge on any atom is 0.224 e. The highest BCUT2D eigenvalue weighted by atomic mass is 32.2. The number of rotatable bonds is 2. The van der Waals surface area contributed by atoms with Gasteiger partial charge in [0.2, 0.25) is 5.91 Å². The molecule has 4 nitrogen and oxygen atoms in total. The number of amides is 1. The smallest absolute Gasteiger partial charge is 0.224 e. The molecule has 3 N–H and O–H groups in total. The average molecular weight is 291 g/mol. The predicted octanol–water partition coefficient (Wildman–Crippen LogP) is 2.49. The number of nitrogens with one attached hydrogen (secondary N) is 1. The molecule has 1 fully saturated rings. The molecule has 3 rings (SSSR count). The minimum atomic E-state index is 0.0880. The SMILES string of the molecule is CCC1CN(c2cc3c(cc2N)NC(=O)CC3)CCS1. The number of carbonyl (C=O) groups excluding carboxylic acids is 1. The van der Waals surface area contributed by atoms with Crippen molar-refractivity contribution in [2.75, 3.05) is 34.8 Å². The molecule has 1 aromatic carbocycles. The molecule has 0 aromatic heterocycles. The van der Waals surface area contributed by atoms with E-state index in [1.807, 2.05) is 6.07 Å². The molecule has 0 bridgehead atoms. The first kappa shape index (κ1) is 13.6. The summed E-state index contributed by atoms with van der Waals surface area (Å²) in [4.78, 5) is 13.8. The molecular weight excluding hydrogens is 270 g/mol. The van der Waals surface area contributed by atoms with E-state index in [1.165, 1.54) is 12.0 Å². The van der Waals surface area contributed by atoms with Gasteiger partial charge >= 0.3 is 0 Å². The third-order valence-electron chi connectivity index (χ3n) is 4.08. The van der Waals surface area contributed by atoms with Crippen LogP contribution >= 0.6 is 11.8 Å². The van der Waals surface area contributed by atoms with Crippen LogP contribution in [0.4, 0.5) is 17.1 Å². The first-order chi connectivity index (χ1) is 9.67. The number of fused-ring (bicyclic) bond motifs is 1. The van der Waals surface area contributed by atoms with Gasteiger partial charge in [-0.3, -0.25) is 4.79 Å². The number of hydrogen-bond donors (Lipinski definition) is 2. The molecule has 1 amide bonds. The number of nitrogen functional groups attached to an aromatic ring is 1. The summed E-state index contributed by atoms with van der Waals surface area (Å²) >= 11 is 2.06. The van der Waals surface area contributed by atoms with E-state index in [0.29, 0.717) is 11.7 Å². The van der Waals surface area contributed by atoms with Crippen molar-refractivity contribution in [3.63, 3.8) is 0 Å². The van der Waals surface area contributed by atoms with Gasteiger partial charge in [-0.15, -0.1) is 0 Å². The van der Waals surface area contributed by atoms with E-state index in [1.54, 1.807) is 0 Å². The van der Waals surface area contributed by atoms with Gasteiger partial charge in [0.15, 0.2) is 0 Å². The normalized spacial score (nSPS) is 22.4. The summed E-state index contributed by atoms with van der Waals surface area (Å²) in [6.45, 7) is 4.36. The number of thioether (sulfide) groups is 1. The fraction of sp³-hybridized carbons (Fsp3) is 0.533. The third-order valence-corrected chi connectivity index (χ3v) is 5.45. The Hall–Kier alpha value is -1.36. The summed E-state index contributed by atoms with van der Waals surface area (Å²) in [5.74, 6) is 1.25. The molecule has 1 unspecified atom stereocenters. The molecule has 1 atom stereocenters. The Labute approximate surface area is 124 Å². The lowest BCUT2D eigenvalue weighted by Crippen LogP contribution is -2.38. The Bertz CT molecular complexity index is 532. The van der Waals surface area contributed by atoms with Crippen LogP contribution in [0.25, 0.3) is 0 Å². The lowest BCUT2D eigenvalue weighted by molar-refractivity contribution is -0.116. The van der Waals surface area contributed by atoms with E-state index in [4.69, 9.17) is 5.73 Å². The number of nitrogens with zero attached hydrogens (tertiary/aromatic N) is 1. The molecule has 0 saturated carbocycles. The van der Waals surface area contributed by atoms with Crippen LogP contribution in [0.2, 0.25) is 0 Å². The molecule has 108 valence electrons. The van der Waals surface area contributed by atoms with E-state index in [2.05, 4.69) is 35.0 Å². The highest BCUT2D eigenvalue weighted by Crippen LogP contribution is 2.35. The number of aryl methyl sites for hydroxylation is 1. The summed E-state index contributed by atoms with van der Waals surface area (Å²) in [5.41, 5.74) is 10.2. The zero-order valence-corrected chi connectivity index (χ0v) is 12.6. The van der Waals surface area contributed by atoms with E-state index >= 15 is 0 Å². The zero-order valence-electron chi connectivity index (χ0n) is 11.8. The van der Waals surface area contributed by atoms with Gasteiger partial charge < -0.3 is 16.0 Å². The molecule has 1 saturated heterocycles. The highest BCUT2D eigenvalue weighted by molar-refractivity contribution is 8.00. The van der Waals surface area contributed by atoms with Gasteiger partial charge in [0.1, 0.15) is 0 Å². The monoisotopic (exact) mass is 291 g/mol. The maximum absolute atomic E-state index is 11.4. The lowest BCUT2D eigenvalue weighted by atomic mass is 10.0. The summed E-state index contributed by atoms with van der Waals surface area (Å²) in [7, 11) is 0. The predicted molar refractivity (Wildman–Crippen MR) is 86.6 cm³/mol. The van der Waals surface area contributed by atoms with Crippen LogP contribution in [-0.4, -0.2) is 30.0 Å². The van der Waals surface area contributed by atoms with Crippen molar-refractivity contribution in [2.24, 2.45) is 0 Å². The van der Waals surface area contributed by atoms with Crippen LogP contribution in [0.5, 0.6) is 0 Å². The summed E-state index contributed by atoms with van der Waals surface area (Å²) in [5, 5.41) is 3.60. The first-order valence-electron chi connectivity index (χ1n) is 7.26. The second-order valence-electron chi connectivity index (χ2n) is 5.46. The molecule has 0 radical (unpaired) electrons. The Morgan fingerprint density at radius 1 is 1.45 bits per heavy atom. The molecule has 1 aromatic rings. The zero-order chi connectivity index (χ0) is 14.1. The Morgan fingerprint density at radius 2 is 2.30 bits per heavy atom. The van der Waals surface area contributed by atoms with Crippen molar-refractivity contribution in [3.05, 3.63) is 17.7 Å². The van der Waals surface area contributed by atoms with Gasteiger partial charge in [0, 0.05) is 36.2 Å². The molecule has 0 spiro atoms. The Balaban J connectivity index is 1.88. The first-order valence-corrected chi connectivity index (χ1v) is 8.31. The number of benzene rings is 1. The average Bonchev–Trinajstić information content (AvgIpc) is 2.46. The van der Waals surface area contributed by atoms with Gasteiger partial charge in [-0.1, -0.05) is 6.92 Å². The van der Waals surface area contributed by atoms with Crippen LogP contribution in [0.15, 0.2) is 12.1 Å². The molecule has 2 aliphatic rings. The largest absolute Gasteiger partial charge is 0.397 e. The Kier molecular flexibility index (Phi) is 3.78. The summed E-state index contributed by atoms with van der Waals surface area (Å²) in [6.07, 6.45) is 2.58. The van der Waals surface area contributed by atoms with Gasteiger partial charge in [0.05, 0.1) is 11.4 Å². The molecule has 2 aliphatic heterocycles. The summed E-state index contributed by atoms with van der Waals surface area (Å²) < 4.78 is 0. The van der Waals surface area contributed by atoms with Crippen molar-refractivity contribution in [3.8, 4) is 0 Å². The fourth-order valence-electron chi connectivity index (χ4n) is 2.89. The van der Waals surface area contributed by atoms with Gasteiger partial charge in [-0.05, 0) is 30.5 Å². The van der Waals surface area contributed by atoms with Crippen molar-refractivity contribution >= 4 is 34.7 Å². The van der Waals surface area contributed by atoms with Crippen LogP contribution in [0, 0.1) is 0 Å². The molecule has 5 heteroatoms. The lowest BCUT2D eigenvalue weighted by Gasteiger charge is -2.35. The standard InChI is InChI=1S/C15H21N3OS/c1-2-11-9-18(5-6-20-11)14-7-10-3-4-15(19)17-13(10)8-12(14)16/h7-8,11H,2-6,9,16H2,1H3,(H,17,19). The molecule has 2 heterocycles. The molecular formula is C15H21N3OS. The quantitative estimate of drug-likeness (QED) is 0.822. The van der Waals surface area contributed by atoms with Crippen LogP contribution in [0.1, 0.15) is 25.3 Å². The number of carbonyl (C=O) groups is 1. The minimum Gasteiger partial charge on any atom is -0.397 e. The van der Waals surface area contributed by atoms with Crippen molar-refractivity contribution in [2.45, 2.75) is 31.4 Å². The number of nitrogens with two attached hydrogens (primary N) is 1. The van der Waals surface area contributed by atoms with Crippen LogP contribution < -0.4 is 16.0 Å². The van der Waals surface area contributed by atoms with E-state index in [0.717, 1.165) is 42.3 Å². The second kappa shape index (κ2) is 5.56. The fourth-order valence-corrected chi connectivity index (χ4v) is 4.07. The Morgan fingerprint density at radius 3 is 3.10 bits per heavy atom.